The van der Waals surface area contributed by atoms with Gasteiger partial charge in [-0.05, 0) is 19.3 Å². The van der Waals surface area contributed by atoms with E-state index >= 15 is 0 Å². The fourth-order valence-corrected chi connectivity index (χ4v) is 1.60. The van der Waals surface area contributed by atoms with Gasteiger partial charge in [-0.2, -0.15) is 0 Å². The molecule has 4 nitrogen and oxygen atoms in total. The Kier molecular flexibility index (Phi) is 1.40. The summed E-state index contributed by atoms with van der Waals surface area (Å²) in [7, 11) is 0. The van der Waals surface area contributed by atoms with Crippen molar-refractivity contribution >= 4 is 11.9 Å². The van der Waals surface area contributed by atoms with E-state index < -0.39 is 0 Å². The van der Waals surface area contributed by atoms with E-state index in [1.54, 1.807) is 6.92 Å². The predicted octanol–water partition coefficient (Wildman–Crippen LogP) is 0.335. The predicted molar refractivity (Wildman–Crippen MR) is 42.4 cm³/mol. The van der Waals surface area contributed by atoms with Gasteiger partial charge in [0.2, 0.25) is 0 Å². The third kappa shape index (κ3) is 0.906. The molecule has 0 spiro atoms. The molecule has 3 atom stereocenters. The molecule has 0 radical (unpaired) electrons. The minimum Gasteiger partial charge on any atom is -0.326 e. The number of carbonyl (C=O) groups excluding carboxylic acids is 2. The quantitative estimate of drug-likeness (QED) is 0.574. The lowest BCUT2D eigenvalue weighted by atomic mass is 10.3. The van der Waals surface area contributed by atoms with Crippen LogP contribution in [0.2, 0.25) is 0 Å². The van der Waals surface area contributed by atoms with Gasteiger partial charge in [0.15, 0.2) is 0 Å². The topological polar surface area (TPSA) is 49.4 Å². The minimum absolute atomic E-state index is 0.0747. The maximum Gasteiger partial charge on any atom is 0.325 e. The lowest BCUT2D eigenvalue weighted by Gasteiger charge is -2.10. The average Bonchev–Trinajstić information content (AvgIpc) is 2.61. The Labute approximate surface area is 70.9 Å². The lowest BCUT2D eigenvalue weighted by Crippen LogP contribution is -2.34. The Morgan fingerprint density at radius 3 is 2.33 bits per heavy atom. The highest BCUT2D eigenvalue weighted by Gasteiger charge is 2.48. The molecule has 1 saturated carbocycles. The molecule has 1 aliphatic heterocycles. The second-order valence-electron chi connectivity index (χ2n) is 3.66. The number of imide groups is 1. The molecule has 3 amide bonds. The number of rotatable bonds is 1. The number of nitrogens with zero attached hydrogens (tertiary/aromatic N) is 1. The fourth-order valence-electron chi connectivity index (χ4n) is 1.60. The molecule has 0 aromatic rings. The highest BCUT2D eigenvalue weighted by molar-refractivity contribution is 6.04. The molecule has 0 aromatic carbocycles. The summed E-state index contributed by atoms with van der Waals surface area (Å²) in [5, 5.41) is 2.60. The summed E-state index contributed by atoms with van der Waals surface area (Å²) in [6.45, 7) is 3.77. The molecule has 1 saturated heterocycles. The summed E-state index contributed by atoms with van der Waals surface area (Å²) in [6, 6.07) is -0.380. The van der Waals surface area contributed by atoms with Gasteiger partial charge in [-0.15, -0.1) is 0 Å². The molecule has 12 heavy (non-hydrogen) atoms. The van der Waals surface area contributed by atoms with Crippen LogP contribution in [0.4, 0.5) is 4.79 Å². The highest BCUT2D eigenvalue weighted by atomic mass is 16.2. The van der Waals surface area contributed by atoms with Crippen molar-refractivity contribution in [2.24, 2.45) is 5.92 Å². The number of carbonyl (C=O) groups is 2. The van der Waals surface area contributed by atoms with Gasteiger partial charge in [0.05, 0.1) is 0 Å². The minimum atomic E-state index is -0.328. The van der Waals surface area contributed by atoms with E-state index in [2.05, 4.69) is 5.32 Å². The molecule has 2 rings (SSSR count). The zero-order valence-corrected chi connectivity index (χ0v) is 7.20. The first-order valence-corrected chi connectivity index (χ1v) is 4.25. The van der Waals surface area contributed by atoms with Crippen molar-refractivity contribution in [2.45, 2.75) is 32.4 Å². The average molecular weight is 168 g/mol. The van der Waals surface area contributed by atoms with Gasteiger partial charge in [-0.1, -0.05) is 6.92 Å². The SMILES string of the molecule is CC1CC1N1C(=O)N[C@H](C)C1=O. The maximum atomic E-state index is 11.4. The van der Waals surface area contributed by atoms with E-state index in [1.165, 1.54) is 4.90 Å². The van der Waals surface area contributed by atoms with Crippen molar-refractivity contribution in [3.8, 4) is 0 Å². The van der Waals surface area contributed by atoms with Gasteiger partial charge >= 0.3 is 6.03 Å². The second kappa shape index (κ2) is 2.21. The summed E-state index contributed by atoms with van der Waals surface area (Å²) in [6.07, 6.45) is 0.964. The van der Waals surface area contributed by atoms with Crippen LogP contribution in [0.3, 0.4) is 0 Å². The summed E-state index contributed by atoms with van der Waals surface area (Å²) in [4.78, 5) is 24.0. The molecule has 0 bridgehead atoms. The number of hydrogen-bond acceptors (Lipinski definition) is 2. The Morgan fingerprint density at radius 2 is 2.00 bits per heavy atom. The van der Waals surface area contributed by atoms with Crippen molar-refractivity contribution in [1.82, 2.24) is 10.2 Å². The number of amides is 3. The van der Waals surface area contributed by atoms with Crippen LogP contribution in [0.1, 0.15) is 20.3 Å². The summed E-state index contributed by atoms with van der Waals surface area (Å²) in [5.74, 6) is 0.416. The largest absolute Gasteiger partial charge is 0.326 e. The van der Waals surface area contributed by atoms with Crippen molar-refractivity contribution in [3.63, 3.8) is 0 Å². The molecule has 2 aliphatic rings. The van der Waals surface area contributed by atoms with E-state index in [4.69, 9.17) is 0 Å². The molecule has 1 heterocycles. The molecule has 2 unspecified atom stereocenters. The number of hydrogen-bond donors (Lipinski definition) is 1. The first-order valence-electron chi connectivity index (χ1n) is 4.25. The van der Waals surface area contributed by atoms with Crippen molar-refractivity contribution < 1.29 is 9.59 Å². The van der Waals surface area contributed by atoms with Crippen LogP contribution < -0.4 is 5.32 Å². The number of urea groups is 1. The van der Waals surface area contributed by atoms with Crippen LogP contribution in [0.25, 0.3) is 0 Å². The standard InChI is InChI=1S/C8H12N2O2/c1-4-3-6(4)10-7(11)5(2)9-8(10)12/h4-6H,3H2,1-2H3,(H,9,12)/t4?,5-,6?/m1/s1. The van der Waals surface area contributed by atoms with Gasteiger partial charge in [-0.3, -0.25) is 9.69 Å². The molecule has 1 aliphatic carbocycles. The Balaban J connectivity index is 2.14. The molecule has 0 aromatic heterocycles. The fraction of sp³-hybridized carbons (Fsp3) is 0.750. The Morgan fingerprint density at radius 1 is 1.42 bits per heavy atom. The van der Waals surface area contributed by atoms with E-state index in [1.807, 2.05) is 6.92 Å². The number of nitrogens with one attached hydrogen (secondary N) is 1. The zero-order chi connectivity index (χ0) is 8.88. The van der Waals surface area contributed by atoms with E-state index in [9.17, 15) is 9.59 Å². The van der Waals surface area contributed by atoms with Gasteiger partial charge in [0.25, 0.3) is 5.91 Å². The monoisotopic (exact) mass is 168 g/mol. The lowest BCUT2D eigenvalue weighted by molar-refractivity contribution is -0.127. The van der Waals surface area contributed by atoms with Crippen LogP contribution >= 0.6 is 0 Å². The molecule has 4 heteroatoms. The summed E-state index contributed by atoms with van der Waals surface area (Å²) < 4.78 is 0. The van der Waals surface area contributed by atoms with Gasteiger partial charge in [0.1, 0.15) is 6.04 Å². The zero-order valence-electron chi connectivity index (χ0n) is 7.20. The van der Waals surface area contributed by atoms with E-state index in [-0.39, 0.29) is 24.0 Å². The van der Waals surface area contributed by atoms with Crippen LogP contribution in [0, 0.1) is 5.92 Å². The third-order valence-electron chi connectivity index (χ3n) is 2.57. The molecule has 2 fully saturated rings. The highest BCUT2D eigenvalue weighted by Crippen LogP contribution is 2.36. The summed E-state index contributed by atoms with van der Waals surface area (Å²) in [5.41, 5.74) is 0. The van der Waals surface area contributed by atoms with Gasteiger partial charge in [0, 0.05) is 6.04 Å². The molecule has 66 valence electrons. The summed E-state index contributed by atoms with van der Waals surface area (Å²) >= 11 is 0. The van der Waals surface area contributed by atoms with Crippen LogP contribution in [0.15, 0.2) is 0 Å². The van der Waals surface area contributed by atoms with E-state index in [0.29, 0.717) is 5.92 Å². The first kappa shape index (κ1) is 7.58. The molecule has 1 N–H and O–H groups in total. The molecular formula is C8H12N2O2. The first-order chi connectivity index (χ1) is 5.61. The van der Waals surface area contributed by atoms with Crippen molar-refractivity contribution in [1.29, 1.82) is 0 Å². The Hall–Kier alpha value is -1.06. The smallest absolute Gasteiger partial charge is 0.325 e. The van der Waals surface area contributed by atoms with Crippen LogP contribution in [-0.2, 0) is 4.79 Å². The maximum absolute atomic E-state index is 11.4. The van der Waals surface area contributed by atoms with Gasteiger partial charge in [-0.25, -0.2) is 4.79 Å². The Bertz CT molecular complexity index is 251. The van der Waals surface area contributed by atoms with Crippen LogP contribution in [0.5, 0.6) is 0 Å². The third-order valence-corrected chi connectivity index (χ3v) is 2.57. The van der Waals surface area contributed by atoms with Crippen LogP contribution in [-0.4, -0.2) is 28.9 Å². The van der Waals surface area contributed by atoms with E-state index in [0.717, 1.165) is 6.42 Å². The van der Waals surface area contributed by atoms with Gasteiger partial charge < -0.3 is 5.32 Å². The van der Waals surface area contributed by atoms with Crippen molar-refractivity contribution in [3.05, 3.63) is 0 Å². The normalized spacial score (nSPS) is 40.2. The van der Waals surface area contributed by atoms with Crippen molar-refractivity contribution in [2.75, 3.05) is 0 Å². The second-order valence-corrected chi connectivity index (χ2v) is 3.66. The molecular weight excluding hydrogens is 156 g/mol.